The SMILES string of the molecule is FC(F)(F)C1C=Cc2cc(-c3cccs3)ccc2O1. The summed E-state index contributed by atoms with van der Waals surface area (Å²) in [6.45, 7) is 0. The second kappa shape index (κ2) is 4.42. The van der Waals surface area contributed by atoms with Crippen molar-refractivity contribution in [2.75, 3.05) is 0 Å². The van der Waals surface area contributed by atoms with Crippen LogP contribution in [0.15, 0.2) is 41.8 Å². The maximum atomic E-state index is 12.6. The summed E-state index contributed by atoms with van der Waals surface area (Å²) >= 11 is 1.59. The first kappa shape index (κ1) is 12.3. The summed E-state index contributed by atoms with van der Waals surface area (Å²) in [6.07, 6.45) is -3.72. The summed E-state index contributed by atoms with van der Waals surface area (Å²) in [5.41, 5.74) is 1.65. The maximum Gasteiger partial charge on any atom is 0.429 e. The number of thiophene rings is 1. The van der Waals surface area contributed by atoms with E-state index in [0.29, 0.717) is 5.56 Å². The molecule has 1 aliphatic heterocycles. The highest BCUT2D eigenvalue weighted by atomic mass is 32.1. The summed E-state index contributed by atoms with van der Waals surface area (Å²) in [6, 6.07) is 9.11. The van der Waals surface area contributed by atoms with E-state index in [1.807, 2.05) is 23.6 Å². The second-order valence-electron chi connectivity index (χ2n) is 4.17. The molecule has 98 valence electrons. The zero-order valence-corrected chi connectivity index (χ0v) is 10.5. The predicted octanol–water partition coefficient (Wildman–Crippen LogP) is 4.75. The van der Waals surface area contributed by atoms with E-state index in [9.17, 15) is 13.2 Å². The van der Waals surface area contributed by atoms with Crippen LogP contribution in [0.5, 0.6) is 5.75 Å². The van der Waals surface area contributed by atoms with Crippen molar-refractivity contribution in [1.82, 2.24) is 0 Å². The van der Waals surface area contributed by atoms with E-state index in [0.717, 1.165) is 16.5 Å². The van der Waals surface area contributed by atoms with Crippen LogP contribution in [0.4, 0.5) is 13.2 Å². The molecule has 0 saturated carbocycles. The van der Waals surface area contributed by atoms with E-state index >= 15 is 0 Å². The molecule has 1 nitrogen and oxygen atoms in total. The molecule has 2 aromatic rings. The molecule has 0 N–H and O–H groups in total. The number of halogens is 3. The van der Waals surface area contributed by atoms with Crippen molar-refractivity contribution in [2.45, 2.75) is 12.3 Å². The van der Waals surface area contributed by atoms with Crippen molar-refractivity contribution >= 4 is 17.4 Å². The predicted molar refractivity (Wildman–Crippen MR) is 69.3 cm³/mol. The van der Waals surface area contributed by atoms with Crippen molar-refractivity contribution in [3.63, 3.8) is 0 Å². The number of hydrogen-bond acceptors (Lipinski definition) is 2. The van der Waals surface area contributed by atoms with Gasteiger partial charge in [-0.05, 0) is 41.3 Å². The van der Waals surface area contributed by atoms with E-state index in [1.54, 1.807) is 23.5 Å². The summed E-state index contributed by atoms with van der Waals surface area (Å²) in [4.78, 5) is 1.08. The molecule has 5 heteroatoms. The van der Waals surface area contributed by atoms with Crippen LogP contribution in [0.2, 0.25) is 0 Å². The fourth-order valence-corrected chi connectivity index (χ4v) is 2.65. The van der Waals surface area contributed by atoms with Crippen molar-refractivity contribution in [2.24, 2.45) is 0 Å². The first-order valence-electron chi connectivity index (χ1n) is 5.63. The molecule has 1 aromatic carbocycles. The molecule has 0 bridgehead atoms. The van der Waals surface area contributed by atoms with Crippen LogP contribution in [0.25, 0.3) is 16.5 Å². The van der Waals surface area contributed by atoms with Crippen LogP contribution >= 0.6 is 11.3 Å². The van der Waals surface area contributed by atoms with Crippen LogP contribution < -0.4 is 4.74 Å². The average molecular weight is 282 g/mol. The Bertz CT molecular complexity index is 614. The number of benzene rings is 1. The van der Waals surface area contributed by atoms with Crippen molar-refractivity contribution < 1.29 is 17.9 Å². The Balaban J connectivity index is 1.94. The van der Waals surface area contributed by atoms with Gasteiger partial charge in [-0.1, -0.05) is 12.1 Å². The molecule has 0 fully saturated rings. The zero-order valence-electron chi connectivity index (χ0n) is 9.65. The Kier molecular flexibility index (Phi) is 2.86. The lowest BCUT2D eigenvalue weighted by atomic mass is 10.0. The molecule has 0 saturated heterocycles. The molecule has 1 atom stereocenters. The molecule has 0 radical (unpaired) electrons. The van der Waals surface area contributed by atoms with Gasteiger partial charge in [-0.2, -0.15) is 13.2 Å². The number of ether oxygens (including phenoxy) is 1. The van der Waals surface area contributed by atoms with Crippen LogP contribution in [0, 0.1) is 0 Å². The van der Waals surface area contributed by atoms with Gasteiger partial charge in [-0.25, -0.2) is 0 Å². The normalized spacial score (nSPS) is 17.9. The monoisotopic (exact) mass is 282 g/mol. The van der Waals surface area contributed by atoms with Gasteiger partial charge in [0.2, 0.25) is 6.10 Å². The van der Waals surface area contributed by atoms with E-state index in [-0.39, 0.29) is 5.75 Å². The van der Waals surface area contributed by atoms with Crippen molar-refractivity contribution in [1.29, 1.82) is 0 Å². The maximum absolute atomic E-state index is 12.6. The van der Waals surface area contributed by atoms with Gasteiger partial charge in [0.1, 0.15) is 5.75 Å². The standard InChI is InChI=1S/C14H9F3OS/c15-14(16,17)13-6-4-9-8-10(3-5-11(9)18-13)12-2-1-7-19-12/h1-8,13H. The first-order valence-corrected chi connectivity index (χ1v) is 6.51. The first-order chi connectivity index (χ1) is 9.04. The van der Waals surface area contributed by atoms with Crippen LogP contribution in [0.3, 0.4) is 0 Å². The molecule has 0 amide bonds. The Labute approximate surface area is 112 Å². The summed E-state index contributed by atoms with van der Waals surface area (Å²) < 4.78 is 42.7. The van der Waals surface area contributed by atoms with Gasteiger partial charge in [0, 0.05) is 10.4 Å². The summed E-state index contributed by atoms with van der Waals surface area (Å²) in [5, 5.41) is 1.96. The van der Waals surface area contributed by atoms with Crippen molar-refractivity contribution in [3.8, 4) is 16.2 Å². The number of hydrogen-bond donors (Lipinski definition) is 0. The lowest BCUT2D eigenvalue weighted by Crippen LogP contribution is -2.33. The molecular formula is C14H9F3OS. The topological polar surface area (TPSA) is 9.23 Å². The molecule has 19 heavy (non-hydrogen) atoms. The van der Waals surface area contributed by atoms with Crippen molar-refractivity contribution in [3.05, 3.63) is 47.4 Å². The van der Waals surface area contributed by atoms with Gasteiger partial charge in [0.05, 0.1) is 0 Å². The lowest BCUT2D eigenvalue weighted by Gasteiger charge is -2.23. The van der Waals surface area contributed by atoms with Gasteiger partial charge >= 0.3 is 6.18 Å². The fraction of sp³-hybridized carbons (Fsp3) is 0.143. The highest BCUT2D eigenvalue weighted by Crippen LogP contribution is 2.36. The third-order valence-corrected chi connectivity index (χ3v) is 3.76. The lowest BCUT2D eigenvalue weighted by molar-refractivity contribution is -0.180. The number of alkyl halides is 3. The Hall–Kier alpha value is -1.75. The Morgan fingerprint density at radius 2 is 2.00 bits per heavy atom. The highest BCUT2D eigenvalue weighted by Gasteiger charge is 2.41. The Morgan fingerprint density at radius 1 is 1.16 bits per heavy atom. The van der Waals surface area contributed by atoms with E-state index in [1.165, 1.54) is 6.08 Å². The Morgan fingerprint density at radius 3 is 2.68 bits per heavy atom. The van der Waals surface area contributed by atoms with E-state index in [4.69, 9.17) is 4.74 Å². The zero-order chi connectivity index (χ0) is 13.5. The number of fused-ring (bicyclic) bond motifs is 1. The van der Waals surface area contributed by atoms with Gasteiger partial charge in [-0.3, -0.25) is 0 Å². The minimum absolute atomic E-state index is 0.269. The largest absolute Gasteiger partial charge is 0.476 e. The van der Waals surface area contributed by atoms with Gasteiger partial charge < -0.3 is 4.74 Å². The van der Waals surface area contributed by atoms with E-state index in [2.05, 4.69) is 0 Å². The average Bonchev–Trinajstić information content (AvgIpc) is 2.90. The molecule has 1 aromatic heterocycles. The molecule has 2 heterocycles. The minimum Gasteiger partial charge on any atom is -0.476 e. The molecule has 3 rings (SSSR count). The fourth-order valence-electron chi connectivity index (χ4n) is 1.93. The minimum atomic E-state index is -4.37. The van der Waals surface area contributed by atoms with Crippen LogP contribution in [-0.2, 0) is 0 Å². The number of rotatable bonds is 1. The molecule has 1 unspecified atom stereocenters. The smallest absolute Gasteiger partial charge is 0.429 e. The molecule has 0 aliphatic carbocycles. The van der Waals surface area contributed by atoms with Gasteiger partial charge in [0.15, 0.2) is 0 Å². The highest BCUT2D eigenvalue weighted by molar-refractivity contribution is 7.13. The molecule has 0 spiro atoms. The van der Waals surface area contributed by atoms with Crippen LogP contribution in [-0.4, -0.2) is 12.3 Å². The third-order valence-electron chi connectivity index (χ3n) is 2.84. The molecule has 1 aliphatic rings. The van der Waals surface area contributed by atoms with Crippen LogP contribution in [0.1, 0.15) is 5.56 Å². The third kappa shape index (κ3) is 2.38. The second-order valence-corrected chi connectivity index (χ2v) is 5.12. The van der Waals surface area contributed by atoms with Gasteiger partial charge in [-0.15, -0.1) is 11.3 Å². The summed E-state index contributed by atoms with van der Waals surface area (Å²) in [5.74, 6) is 0.269. The van der Waals surface area contributed by atoms with Gasteiger partial charge in [0.25, 0.3) is 0 Å². The van der Waals surface area contributed by atoms with E-state index < -0.39 is 12.3 Å². The quantitative estimate of drug-likeness (QED) is 0.733. The summed E-state index contributed by atoms with van der Waals surface area (Å²) in [7, 11) is 0. The molecular weight excluding hydrogens is 273 g/mol.